The minimum atomic E-state index is -2.40. The molecule has 0 spiro atoms. The van der Waals surface area contributed by atoms with Gasteiger partial charge in [-0.05, 0) is 17.7 Å². The summed E-state index contributed by atoms with van der Waals surface area (Å²) in [6.07, 6.45) is 0. The summed E-state index contributed by atoms with van der Waals surface area (Å²) in [7, 11) is 0. The van der Waals surface area contributed by atoms with E-state index in [1.54, 1.807) is 48.5 Å². The van der Waals surface area contributed by atoms with Crippen LogP contribution in [0.3, 0.4) is 0 Å². The lowest BCUT2D eigenvalue weighted by Gasteiger charge is -2.43. The lowest BCUT2D eigenvalue weighted by Crippen LogP contribution is -2.55. The number of hydrogen-bond acceptors (Lipinski definition) is 4. The van der Waals surface area contributed by atoms with Crippen molar-refractivity contribution in [3.05, 3.63) is 65.7 Å². The molecule has 2 aromatic carbocycles. The van der Waals surface area contributed by atoms with Gasteiger partial charge in [-0.1, -0.05) is 42.5 Å². The van der Waals surface area contributed by atoms with Crippen LogP contribution < -0.4 is 4.74 Å². The van der Waals surface area contributed by atoms with Gasteiger partial charge in [0.1, 0.15) is 12.4 Å². The van der Waals surface area contributed by atoms with Gasteiger partial charge in [0.05, 0.1) is 5.56 Å². The third kappa shape index (κ3) is 1.65. The minimum absolute atomic E-state index is 0.160. The molecule has 0 fully saturated rings. The van der Waals surface area contributed by atoms with Crippen LogP contribution in [-0.4, -0.2) is 21.9 Å². The maximum atomic E-state index is 10.7. The first-order valence-corrected chi connectivity index (χ1v) is 6.01. The Labute approximate surface area is 110 Å². The average molecular weight is 258 g/mol. The van der Waals surface area contributed by atoms with E-state index in [0.717, 1.165) is 0 Å². The van der Waals surface area contributed by atoms with Crippen molar-refractivity contribution >= 4 is 0 Å². The maximum Gasteiger partial charge on any atom is 0.231 e. The molecule has 0 bridgehead atoms. The van der Waals surface area contributed by atoms with Crippen molar-refractivity contribution < 1.29 is 20.1 Å². The van der Waals surface area contributed by atoms with Crippen LogP contribution in [-0.2, 0) is 11.4 Å². The fourth-order valence-corrected chi connectivity index (χ4v) is 2.38. The van der Waals surface area contributed by atoms with Crippen LogP contribution in [0.1, 0.15) is 11.1 Å². The first kappa shape index (κ1) is 12.2. The maximum absolute atomic E-state index is 10.7. The number of hydrogen-bond donors (Lipinski definition) is 3. The molecule has 1 aliphatic rings. The highest BCUT2D eigenvalue weighted by Crippen LogP contribution is 2.45. The highest BCUT2D eigenvalue weighted by molar-refractivity contribution is 5.43. The molecule has 1 unspecified atom stereocenters. The van der Waals surface area contributed by atoms with Crippen molar-refractivity contribution in [2.24, 2.45) is 0 Å². The number of ether oxygens (including phenoxy) is 1. The normalized spacial score (nSPS) is 24.4. The summed E-state index contributed by atoms with van der Waals surface area (Å²) in [5.41, 5.74) is -1.34. The van der Waals surface area contributed by atoms with E-state index in [1.165, 1.54) is 6.07 Å². The van der Waals surface area contributed by atoms with E-state index in [-0.39, 0.29) is 12.2 Å². The molecular formula is C15H14O4. The fourth-order valence-electron chi connectivity index (χ4n) is 2.38. The van der Waals surface area contributed by atoms with Crippen LogP contribution in [0.25, 0.3) is 0 Å². The zero-order valence-corrected chi connectivity index (χ0v) is 10.2. The number of benzene rings is 2. The second-order valence-electron chi connectivity index (χ2n) is 4.68. The first-order valence-electron chi connectivity index (χ1n) is 6.01. The zero-order chi connectivity index (χ0) is 13.5. The second-order valence-corrected chi connectivity index (χ2v) is 4.68. The van der Waals surface area contributed by atoms with E-state index >= 15 is 0 Å². The monoisotopic (exact) mass is 258 g/mol. The predicted octanol–water partition coefficient (Wildman–Crippen LogP) is 1.10. The molecule has 3 N–H and O–H groups in total. The topological polar surface area (TPSA) is 69.9 Å². The number of aliphatic hydroxyl groups is 3. The fraction of sp³-hybridized carbons (Fsp3) is 0.200. The van der Waals surface area contributed by atoms with Gasteiger partial charge in [0, 0.05) is 0 Å². The standard InChI is InChI=1S/C15H14O4/c16-14(11-6-2-1-3-7-11)10-19-13-9-5-4-8-12(13)15(14,17)18/h1-9,16-18H,10H2. The van der Waals surface area contributed by atoms with Crippen LogP contribution in [0.15, 0.2) is 54.6 Å². The first-order chi connectivity index (χ1) is 9.06. The lowest BCUT2D eigenvalue weighted by atomic mass is 9.80. The molecule has 19 heavy (non-hydrogen) atoms. The van der Waals surface area contributed by atoms with Gasteiger partial charge in [-0.2, -0.15) is 0 Å². The number of rotatable bonds is 1. The SMILES string of the molecule is OC1(O)c2ccccc2OCC1(O)c1ccccc1. The zero-order valence-electron chi connectivity index (χ0n) is 10.2. The molecule has 0 saturated carbocycles. The van der Waals surface area contributed by atoms with Crippen LogP contribution in [0.2, 0.25) is 0 Å². The average Bonchev–Trinajstić information content (AvgIpc) is 2.45. The second kappa shape index (κ2) is 4.06. The van der Waals surface area contributed by atoms with Crippen LogP contribution >= 0.6 is 0 Å². The van der Waals surface area contributed by atoms with Gasteiger partial charge in [-0.25, -0.2) is 0 Å². The summed E-state index contributed by atoms with van der Waals surface area (Å²) in [6.45, 7) is -0.221. The highest BCUT2D eigenvalue weighted by atomic mass is 16.6. The van der Waals surface area contributed by atoms with Crippen molar-refractivity contribution in [2.45, 2.75) is 11.4 Å². The molecule has 2 aromatic rings. The van der Waals surface area contributed by atoms with E-state index < -0.39 is 11.4 Å². The number of para-hydroxylation sites is 1. The largest absolute Gasteiger partial charge is 0.489 e. The Morgan fingerprint density at radius 1 is 0.842 bits per heavy atom. The Morgan fingerprint density at radius 2 is 1.47 bits per heavy atom. The minimum Gasteiger partial charge on any atom is -0.489 e. The van der Waals surface area contributed by atoms with Crippen molar-refractivity contribution in [1.29, 1.82) is 0 Å². The molecule has 0 aliphatic carbocycles. The van der Waals surface area contributed by atoms with E-state index in [2.05, 4.69) is 0 Å². The van der Waals surface area contributed by atoms with Gasteiger partial charge in [-0.3, -0.25) is 0 Å². The van der Waals surface area contributed by atoms with E-state index in [1.807, 2.05) is 0 Å². The summed E-state index contributed by atoms with van der Waals surface area (Å²) in [5, 5.41) is 31.5. The summed E-state index contributed by atoms with van der Waals surface area (Å²) in [6, 6.07) is 15.1. The molecule has 1 aliphatic heterocycles. The van der Waals surface area contributed by atoms with Gasteiger partial charge in [-0.15, -0.1) is 0 Å². The Kier molecular flexibility index (Phi) is 2.60. The Bertz CT molecular complexity index is 594. The number of fused-ring (bicyclic) bond motifs is 1. The molecule has 1 atom stereocenters. The smallest absolute Gasteiger partial charge is 0.231 e. The van der Waals surface area contributed by atoms with Gasteiger partial charge >= 0.3 is 0 Å². The molecule has 1 heterocycles. The van der Waals surface area contributed by atoms with E-state index in [0.29, 0.717) is 11.3 Å². The Balaban J connectivity index is 2.16. The van der Waals surface area contributed by atoms with Crippen LogP contribution in [0, 0.1) is 0 Å². The van der Waals surface area contributed by atoms with Crippen molar-refractivity contribution in [3.63, 3.8) is 0 Å². The molecule has 0 radical (unpaired) electrons. The molecule has 0 aromatic heterocycles. The molecule has 0 saturated heterocycles. The van der Waals surface area contributed by atoms with Crippen LogP contribution in [0.4, 0.5) is 0 Å². The molecule has 98 valence electrons. The third-order valence-electron chi connectivity index (χ3n) is 3.53. The summed E-state index contributed by atoms with van der Waals surface area (Å²) < 4.78 is 5.46. The van der Waals surface area contributed by atoms with E-state index in [9.17, 15) is 15.3 Å². The Hall–Kier alpha value is -1.88. The summed E-state index contributed by atoms with van der Waals surface area (Å²) in [4.78, 5) is 0. The lowest BCUT2D eigenvalue weighted by molar-refractivity contribution is -0.307. The predicted molar refractivity (Wildman–Crippen MR) is 68.4 cm³/mol. The van der Waals surface area contributed by atoms with Crippen molar-refractivity contribution in [3.8, 4) is 5.75 Å². The molecule has 0 amide bonds. The van der Waals surface area contributed by atoms with Crippen LogP contribution in [0.5, 0.6) is 5.75 Å². The molecule has 4 nitrogen and oxygen atoms in total. The van der Waals surface area contributed by atoms with Gasteiger partial charge in [0.15, 0.2) is 5.60 Å². The summed E-state index contributed by atoms with van der Waals surface area (Å²) in [5.74, 6) is -2.03. The quantitative estimate of drug-likeness (QED) is 0.670. The summed E-state index contributed by atoms with van der Waals surface area (Å²) >= 11 is 0. The molecular weight excluding hydrogens is 244 g/mol. The molecule has 4 heteroatoms. The van der Waals surface area contributed by atoms with E-state index in [4.69, 9.17) is 4.74 Å². The molecule has 3 rings (SSSR count). The third-order valence-corrected chi connectivity index (χ3v) is 3.53. The van der Waals surface area contributed by atoms with Gasteiger partial charge in [0.25, 0.3) is 0 Å². The highest BCUT2D eigenvalue weighted by Gasteiger charge is 2.55. The van der Waals surface area contributed by atoms with Gasteiger partial charge < -0.3 is 20.1 Å². The van der Waals surface area contributed by atoms with Gasteiger partial charge in [0.2, 0.25) is 5.79 Å². The Morgan fingerprint density at radius 3 is 2.21 bits per heavy atom. The van der Waals surface area contributed by atoms with Crippen molar-refractivity contribution in [1.82, 2.24) is 0 Å². The van der Waals surface area contributed by atoms with Crippen molar-refractivity contribution in [2.75, 3.05) is 6.61 Å².